The molecule has 0 spiro atoms. The van der Waals surface area contributed by atoms with Crippen LogP contribution in [0.3, 0.4) is 0 Å². The van der Waals surface area contributed by atoms with Crippen LogP contribution in [0.5, 0.6) is 0 Å². The van der Waals surface area contributed by atoms with Gasteiger partial charge in [-0.05, 0) is 59.7 Å². The van der Waals surface area contributed by atoms with Crippen LogP contribution in [0.25, 0.3) is 11.3 Å². The molecule has 0 amide bonds. The van der Waals surface area contributed by atoms with Gasteiger partial charge in [0.05, 0.1) is 0 Å². The molecule has 0 aromatic heterocycles. The zero-order valence-corrected chi connectivity index (χ0v) is 13.5. The van der Waals surface area contributed by atoms with E-state index in [2.05, 4.69) is 0 Å². The van der Waals surface area contributed by atoms with E-state index in [0.717, 1.165) is 16.7 Å². The van der Waals surface area contributed by atoms with Crippen LogP contribution in [0.1, 0.15) is 11.1 Å². The monoisotopic (exact) mass is 342 g/mol. The molecular formula is C19H12Cl2O2. The van der Waals surface area contributed by atoms with Gasteiger partial charge >= 0.3 is 0 Å². The van der Waals surface area contributed by atoms with Crippen LogP contribution in [0, 0.1) is 0 Å². The first-order valence-electron chi connectivity index (χ1n) is 6.94. The Morgan fingerprint density at radius 3 is 1.91 bits per heavy atom. The Morgan fingerprint density at radius 1 is 0.783 bits per heavy atom. The van der Waals surface area contributed by atoms with Gasteiger partial charge in [0.1, 0.15) is 17.8 Å². The highest BCUT2D eigenvalue weighted by Gasteiger charge is 2.14. The number of benzene rings is 2. The Kier molecular flexibility index (Phi) is 4.65. The topological polar surface area (TPSA) is 26.3 Å². The lowest BCUT2D eigenvalue weighted by molar-refractivity contribution is -0.104. The largest absolute Gasteiger partial charge is 0.457 e. The quantitative estimate of drug-likeness (QED) is 0.541. The van der Waals surface area contributed by atoms with Gasteiger partial charge in [-0.2, -0.15) is 0 Å². The minimum Gasteiger partial charge on any atom is -0.457 e. The van der Waals surface area contributed by atoms with E-state index in [1.807, 2.05) is 48.6 Å². The van der Waals surface area contributed by atoms with Gasteiger partial charge in [-0.15, -0.1) is 0 Å². The number of carbonyl (C=O) groups is 1. The van der Waals surface area contributed by atoms with E-state index in [4.69, 9.17) is 27.9 Å². The normalized spacial score (nSPS) is 15.7. The Balaban J connectivity index is 2.04. The van der Waals surface area contributed by atoms with Gasteiger partial charge < -0.3 is 4.74 Å². The van der Waals surface area contributed by atoms with E-state index in [1.54, 1.807) is 12.1 Å². The van der Waals surface area contributed by atoms with E-state index >= 15 is 0 Å². The maximum absolute atomic E-state index is 10.8. The zero-order valence-electron chi connectivity index (χ0n) is 12.0. The summed E-state index contributed by atoms with van der Waals surface area (Å²) in [4.78, 5) is 10.8. The van der Waals surface area contributed by atoms with Crippen LogP contribution in [0.15, 0.2) is 72.5 Å². The standard InChI is InChI=1S/C19H12Cl2O2/c20-16-5-1-13(2-6-16)15-11-18(9-10-22)23-19(12-15)14-3-7-17(21)8-4-14/h1-12H. The highest BCUT2D eigenvalue weighted by molar-refractivity contribution is 6.30. The minimum atomic E-state index is 0.484. The van der Waals surface area contributed by atoms with Gasteiger partial charge in [0.15, 0.2) is 0 Å². The summed E-state index contributed by atoms with van der Waals surface area (Å²) in [5, 5.41) is 1.33. The first-order chi connectivity index (χ1) is 11.2. The van der Waals surface area contributed by atoms with E-state index in [0.29, 0.717) is 27.8 Å². The van der Waals surface area contributed by atoms with Crippen molar-refractivity contribution in [2.45, 2.75) is 0 Å². The molecule has 2 aromatic carbocycles. The molecule has 1 aliphatic heterocycles. The van der Waals surface area contributed by atoms with E-state index in [1.165, 1.54) is 6.08 Å². The molecule has 2 aromatic rings. The lowest BCUT2D eigenvalue weighted by Crippen LogP contribution is -1.99. The van der Waals surface area contributed by atoms with Crippen LogP contribution < -0.4 is 0 Å². The van der Waals surface area contributed by atoms with Crippen molar-refractivity contribution in [3.8, 4) is 0 Å². The molecule has 0 atom stereocenters. The maximum Gasteiger partial charge on any atom is 0.146 e. The molecule has 114 valence electrons. The summed E-state index contributed by atoms with van der Waals surface area (Å²) < 4.78 is 5.77. The molecule has 3 rings (SSSR count). The number of carbonyl (C=O) groups excluding carboxylic acids is 1. The molecule has 0 unspecified atom stereocenters. The number of ether oxygens (including phenoxy) is 1. The number of halogens is 2. The van der Waals surface area contributed by atoms with E-state index in [-0.39, 0.29) is 0 Å². The van der Waals surface area contributed by atoms with Crippen LogP contribution in [0.4, 0.5) is 0 Å². The number of rotatable bonds is 3. The van der Waals surface area contributed by atoms with E-state index in [9.17, 15) is 4.79 Å². The first-order valence-corrected chi connectivity index (χ1v) is 7.70. The molecule has 0 radical (unpaired) electrons. The van der Waals surface area contributed by atoms with Crippen LogP contribution in [-0.2, 0) is 9.53 Å². The predicted octanol–water partition coefficient (Wildman–Crippen LogP) is 5.53. The van der Waals surface area contributed by atoms with Gasteiger partial charge in [0, 0.05) is 21.7 Å². The van der Waals surface area contributed by atoms with Crippen LogP contribution in [-0.4, -0.2) is 6.29 Å². The second kappa shape index (κ2) is 6.86. The van der Waals surface area contributed by atoms with Gasteiger partial charge in [-0.3, -0.25) is 4.79 Å². The molecule has 0 saturated carbocycles. The van der Waals surface area contributed by atoms with Gasteiger partial charge in [-0.1, -0.05) is 35.3 Å². The number of allylic oxidation sites excluding steroid dienone is 4. The highest BCUT2D eigenvalue weighted by atomic mass is 35.5. The van der Waals surface area contributed by atoms with Gasteiger partial charge in [0.25, 0.3) is 0 Å². The molecule has 0 fully saturated rings. The second-order valence-corrected chi connectivity index (χ2v) is 5.80. The first kappa shape index (κ1) is 15.6. The lowest BCUT2D eigenvalue weighted by Gasteiger charge is -2.18. The van der Waals surface area contributed by atoms with Crippen molar-refractivity contribution in [3.05, 3.63) is 93.7 Å². The Labute approximate surface area is 144 Å². The summed E-state index contributed by atoms with van der Waals surface area (Å²) in [6, 6.07) is 14.8. The Hall–Kier alpha value is -2.29. The van der Waals surface area contributed by atoms with Crippen molar-refractivity contribution in [2.24, 2.45) is 0 Å². The zero-order chi connectivity index (χ0) is 16.2. The van der Waals surface area contributed by atoms with Gasteiger partial charge in [-0.25, -0.2) is 0 Å². The molecule has 0 bridgehead atoms. The fraction of sp³-hybridized carbons (Fsp3) is 0. The number of hydrogen-bond acceptors (Lipinski definition) is 2. The average Bonchev–Trinajstić information content (AvgIpc) is 2.56. The number of aldehydes is 1. The smallest absolute Gasteiger partial charge is 0.146 e. The van der Waals surface area contributed by atoms with Crippen LogP contribution >= 0.6 is 23.2 Å². The summed E-state index contributed by atoms with van der Waals surface area (Å²) >= 11 is 11.9. The summed E-state index contributed by atoms with van der Waals surface area (Å²) in [7, 11) is 0. The molecule has 1 aliphatic rings. The fourth-order valence-corrected chi connectivity index (χ4v) is 2.49. The second-order valence-electron chi connectivity index (χ2n) is 4.93. The molecule has 4 heteroatoms. The third kappa shape index (κ3) is 3.73. The molecular weight excluding hydrogens is 331 g/mol. The van der Waals surface area contributed by atoms with Crippen molar-refractivity contribution in [1.29, 1.82) is 0 Å². The average molecular weight is 343 g/mol. The van der Waals surface area contributed by atoms with Crippen LogP contribution in [0.2, 0.25) is 10.0 Å². The summed E-state index contributed by atoms with van der Waals surface area (Å²) in [5.74, 6) is 1.14. The number of hydrogen-bond donors (Lipinski definition) is 0. The summed E-state index contributed by atoms with van der Waals surface area (Å²) in [6.07, 6.45) is 5.83. The highest BCUT2D eigenvalue weighted by Crippen LogP contribution is 2.32. The Bertz CT molecular complexity index is 813. The minimum absolute atomic E-state index is 0.484. The SMILES string of the molecule is O=CC=C1C=C(c2ccc(Cl)cc2)C=C(c2ccc(Cl)cc2)O1. The third-order valence-electron chi connectivity index (χ3n) is 3.35. The molecule has 2 nitrogen and oxygen atoms in total. The van der Waals surface area contributed by atoms with Crippen molar-refractivity contribution >= 4 is 40.8 Å². The third-order valence-corrected chi connectivity index (χ3v) is 3.85. The van der Waals surface area contributed by atoms with Crippen molar-refractivity contribution in [3.63, 3.8) is 0 Å². The molecule has 23 heavy (non-hydrogen) atoms. The van der Waals surface area contributed by atoms with Crippen molar-refractivity contribution in [2.75, 3.05) is 0 Å². The summed E-state index contributed by atoms with van der Waals surface area (Å²) in [5.41, 5.74) is 2.80. The van der Waals surface area contributed by atoms with Crippen molar-refractivity contribution < 1.29 is 9.53 Å². The van der Waals surface area contributed by atoms with Gasteiger partial charge in [0.2, 0.25) is 0 Å². The molecule has 0 saturated heterocycles. The van der Waals surface area contributed by atoms with Crippen molar-refractivity contribution in [1.82, 2.24) is 0 Å². The lowest BCUT2D eigenvalue weighted by atomic mass is 10.0. The Morgan fingerprint density at radius 2 is 1.35 bits per heavy atom. The maximum atomic E-state index is 10.8. The van der Waals surface area contributed by atoms with E-state index < -0.39 is 0 Å². The molecule has 0 aliphatic carbocycles. The fourth-order valence-electron chi connectivity index (χ4n) is 2.24. The summed E-state index contributed by atoms with van der Waals surface area (Å²) in [6.45, 7) is 0. The predicted molar refractivity (Wildman–Crippen MR) is 94.1 cm³/mol. The molecule has 0 N–H and O–H groups in total. The molecule has 1 heterocycles.